The second kappa shape index (κ2) is 724. The zero-order valence-corrected chi connectivity index (χ0v) is 104. The first kappa shape index (κ1) is 734. The Hall–Kier alpha value is 119. The van der Waals surface area contributed by atoms with Crippen molar-refractivity contribution in [3.05, 3.63) is 0 Å². The smallest absolute Gasteiger partial charge is 0 e. The predicted molar refractivity (Wildman–Crippen MR) is 25.1 cm³/mol. The monoisotopic (exact) mass is 3880 g/mol. The first-order valence-electron chi connectivity index (χ1n) is 0. The molecule has 5 nitrogen and oxygen atoms in total. The molecule has 0 atom stereocenters. The van der Waals surface area contributed by atoms with Gasteiger partial charge >= 0.3 is 0 Å². The van der Waals surface area contributed by atoms with Gasteiger partial charge in [0.1, 0.15) is 0 Å². The van der Waals surface area contributed by atoms with E-state index in [2.05, 4.69) is 0 Å². The summed E-state index contributed by atoms with van der Waals surface area (Å²) in [6, 6.07) is 0. The third kappa shape index (κ3) is 714. The van der Waals surface area contributed by atoms with Crippen LogP contribution in [0.2, 0.25) is 0 Å². The topological polar surface area (TPSA) is 175 Å². The van der Waals surface area contributed by atoms with E-state index < -0.39 is 0 Å². The fraction of sp³-hybridized carbons (Fsp3) is 0. The van der Waals surface area contributed by atoms with Gasteiger partial charge in [0.25, 0.3) is 0 Å². The Kier molecular flexibility index (Phi) is 5310. The zero-order valence-electron chi connectivity index (χ0n) is 37.1. The first-order chi connectivity index (χ1) is 0. The molecule has 0 aliphatic rings. The van der Waals surface area contributed by atoms with Crippen LogP contribution in [0.4, 0.5) is 0 Å². The Bertz CT molecular complexity index is 28.6. The molecular formula is H15Ar95N5. The molecule has 800 valence electrons. The summed E-state index contributed by atoms with van der Waals surface area (Å²) in [5, 5.41) is 0. The van der Waals surface area contributed by atoms with E-state index in [1.807, 2.05) is 0 Å². The number of hydrogen-bond acceptors (Lipinski definition) is 5. The minimum atomic E-state index is 0. The standard InChI is InChI=1S/95Ar.5H3N/h;;;;;;;;;;;;;;;;;;;;;;;;;;;;;;;;;;;;;;;;;;;;;;;;;;;;;;;;;;;;;;;;;;;;;;;;;;;;;;;;;;;;;;;;;;;;;;;5*1H3. The van der Waals surface area contributed by atoms with Crippen LogP contribution in [-0.2, 0) is 0 Å². The van der Waals surface area contributed by atoms with Crippen LogP contribution in [0.3, 0.4) is 0 Å². The Morgan fingerprint density at radius 3 is 0.0200 bits per heavy atom. The van der Waals surface area contributed by atoms with E-state index in [0.717, 1.165) is 0 Å². The fourth-order valence-electron chi connectivity index (χ4n) is 0. The van der Waals surface area contributed by atoms with Crippen LogP contribution in [0.5, 0.6) is 0 Å². The summed E-state index contributed by atoms with van der Waals surface area (Å²) < 4.78 is 0. The van der Waals surface area contributed by atoms with E-state index in [0.29, 0.717) is 0 Å². The zero-order chi connectivity index (χ0) is 0. The second-order valence-electron chi connectivity index (χ2n) is 0. The van der Waals surface area contributed by atoms with Crippen molar-refractivity contribution in [3.63, 3.8) is 0 Å². The van der Waals surface area contributed by atoms with Crippen molar-refractivity contribution < 1.29 is 3590 Å². The van der Waals surface area contributed by atoms with Crippen molar-refractivity contribution in [2.45, 2.75) is 0 Å². The third-order valence-corrected chi connectivity index (χ3v) is 0. The molecule has 0 aromatic carbocycles. The molecule has 0 radical (unpaired) electrons. The van der Waals surface area contributed by atoms with Crippen molar-refractivity contribution in [1.29, 1.82) is 0 Å². The van der Waals surface area contributed by atoms with Crippen molar-refractivity contribution >= 4 is 0 Å². The van der Waals surface area contributed by atoms with Gasteiger partial charge in [-0.05, 0) is 0 Å². The molecule has 100 heteroatoms. The molecule has 0 aliphatic heterocycles. The fourth-order valence-corrected chi connectivity index (χ4v) is 0. The van der Waals surface area contributed by atoms with E-state index in [4.69, 9.17) is 0 Å². The number of rotatable bonds is 0. The summed E-state index contributed by atoms with van der Waals surface area (Å²) in [4.78, 5) is 0. The largest absolute Gasteiger partial charge is 0.344 e. The average molecular weight is 3880 g/mol. The van der Waals surface area contributed by atoms with Crippen LogP contribution in [0, 0.1) is 3590 Å². The predicted octanol–water partition coefficient (Wildman–Crippen LogP) is 0.810. The Labute approximate surface area is 3460 Å². The maximum atomic E-state index is 0. The van der Waals surface area contributed by atoms with E-state index >= 15 is 0 Å². The van der Waals surface area contributed by atoms with Gasteiger partial charge in [-0.15, -0.1) is 0 Å². The minimum Gasteiger partial charge on any atom is -0.344 e. The molecule has 0 unspecified atom stereocenters. The summed E-state index contributed by atoms with van der Waals surface area (Å²) >= 11 is 0. The van der Waals surface area contributed by atoms with E-state index in [1.165, 1.54) is 0 Å². The molecule has 0 fully saturated rings. The molecule has 0 saturated heterocycles. The van der Waals surface area contributed by atoms with Crippen LogP contribution in [0.15, 0.2) is 0 Å². The SMILES string of the molecule is N.N.N.N.N.[Ar].[Ar].[Ar].[Ar].[Ar].[Ar].[Ar].[Ar].[Ar].[Ar].[Ar].[Ar].[Ar].[Ar].[Ar].[Ar].[Ar].[Ar].[Ar].[Ar].[Ar].[Ar].[Ar].[Ar].[Ar].[Ar].[Ar].[Ar].[Ar].[Ar].[Ar].[Ar].[Ar].[Ar].[Ar].[Ar].[Ar].[Ar].[Ar].[Ar].[Ar].[Ar].[Ar].[Ar].[Ar].[Ar].[Ar].[Ar].[Ar].[Ar].[Ar].[Ar].[Ar].[Ar].[Ar].[Ar].[Ar].[Ar].[Ar].[Ar].[Ar].[Ar].[Ar].[Ar].[Ar].[Ar].[Ar].[Ar].[Ar].[Ar].[Ar].[Ar].[Ar].[Ar].[Ar].[Ar].[Ar].[Ar].[Ar].[Ar].[Ar].[Ar].[Ar].[Ar].[Ar].[Ar].[Ar].[Ar].[Ar].[Ar].[Ar].[Ar].[Ar].[Ar].[Ar]. The van der Waals surface area contributed by atoms with Gasteiger partial charge in [-0.3, -0.25) is 0 Å². The molecule has 0 heterocycles. The third-order valence-electron chi connectivity index (χ3n) is 0. The van der Waals surface area contributed by atoms with Crippen molar-refractivity contribution in [3.8, 4) is 0 Å². The maximum Gasteiger partial charge on any atom is 0 e. The van der Waals surface area contributed by atoms with Gasteiger partial charge in [-0.2, -0.15) is 0 Å². The van der Waals surface area contributed by atoms with Crippen LogP contribution in [-0.4, -0.2) is 0 Å². The molecule has 0 aliphatic carbocycles. The Morgan fingerprint density at radius 1 is 0.0200 bits per heavy atom. The van der Waals surface area contributed by atoms with Gasteiger partial charge in [-0.25, -0.2) is 0 Å². The molecule has 100 heavy (non-hydrogen) atoms. The molecule has 0 amide bonds. The molecule has 15 N–H and O–H groups in total. The number of hydrogen-bond donors (Lipinski definition) is 5. The van der Waals surface area contributed by atoms with Gasteiger partial charge < -0.3 is 30.8 Å². The van der Waals surface area contributed by atoms with Gasteiger partial charge in [0, 0.05) is 3590 Å². The molecular weight excluding hydrogens is 3870 g/mol. The second-order valence-corrected chi connectivity index (χ2v) is 0. The van der Waals surface area contributed by atoms with Crippen molar-refractivity contribution in [2.24, 2.45) is 0 Å². The Morgan fingerprint density at radius 2 is 0.0200 bits per heavy atom. The summed E-state index contributed by atoms with van der Waals surface area (Å²) in [6.07, 6.45) is 0. The summed E-state index contributed by atoms with van der Waals surface area (Å²) in [7, 11) is 0. The molecule has 0 bridgehead atoms. The van der Waals surface area contributed by atoms with E-state index in [-0.39, 0.29) is 3620 Å². The summed E-state index contributed by atoms with van der Waals surface area (Å²) in [5.41, 5.74) is 0. The summed E-state index contributed by atoms with van der Waals surface area (Å²) in [6.45, 7) is 0. The van der Waals surface area contributed by atoms with Crippen LogP contribution < -0.4 is 30.8 Å². The van der Waals surface area contributed by atoms with Crippen LogP contribution in [0.25, 0.3) is 0 Å². The van der Waals surface area contributed by atoms with Crippen LogP contribution >= 0.6 is 0 Å². The maximum absolute atomic E-state index is 0. The molecule has 0 saturated carbocycles. The van der Waals surface area contributed by atoms with Gasteiger partial charge in [0.15, 0.2) is 0 Å². The molecule has 0 aromatic rings. The van der Waals surface area contributed by atoms with E-state index in [9.17, 15) is 0 Å². The molecule has 0 aromatic heterocycles. The quantitative estimate of drug-likeness (QED) is 0.241. The van der Waals surface area contributed by atoms with Crippen LogP contribution in [0.1, 0.15) is 0 Å². The van der Waals surface area contributed by atoms with E-state index in [1.54, 1.807) is 0 Å². The average Bonchev–Trinajstić information content (AvgIpc) is 0. The molecule has 0 rings (SSSR count). The normalized spacial score (nSPS) is 0. The van der Waals surface area contributed by atoms with Gasteiger partial charge in [0.05, 0.1) is 0 Å². The van der Waals surface area contributed by atoms with Gasteiger partial charge in [-0.1, -0.05) is 0 Å². The van der Waals surface area contributed by atoms with Crippen molar-refractivity contribution in [2.75, 3.05) is 0 Å². The van der Waals surface area contributed by atoms with Crippen molar-refractivity contribution in [1.82, 2.24) is 30.8 Å². The Balaban J connectivity index is 0. The summed E-state index contributed by atoms with van der Waals surface area (Å²) in [5.74, 6) is 0. The minimum absolute atomic E-state index is 0. The van der Waals surface area contributed by atoms with Gasteiger partial charge in [0.2, 0.25) is 0 Å². The first-order valence-corrected chi connectivity index (χ1v) is 0. The molecule has 0 spiro atoms.